The van der Waals surface area contributed by atoms with Crippen LogP contribution in [0.1, 0.15) is 70.7 Å². The fourth-order valence-corrected chi connectivity index (χ4v) is 3.80. The number of hydrogen-bond acceptors (Lipinski definition) is 3. The van der Waals surface area contributed by atoms with Gasteiger partial charge in [0.05, 0.1) is 17.8 Å². The van der Waals surface area contributed by atoms with Crippen LogP contribution in [-0.2, 0) is 4.74 Å². The Morgan fingerprint density at radius 2 is 2.22 bits per heavy atom. The van der Waals surface area contributed by atoms with Crippen molar-refractivity contribution in [3.8, 4) is 0 Å². The topological polar surface area (TPSA) is 39.9 Å². The summed E-state index contributed by atoms with van der Waals surface area (Å²) in [6, 6.07) is 2.51. The van der Waals surface area contributed by atoms with Gasteiger partial charge in [-0.2, -0.15) is 0 Å². The van der Waals surface area contributed by atoms with Gasteiger partial charge in [0.25, 0.3) is 0 Å². The number of pyridine rings is 1. The van der Waals surface area contributed by atoms with Crippen LogP contribution in [0.15, 0.2) is 16.9 Å². The highest BCUT2D eigenvalue weighted by Gasteiger charge is 2.24. The van der Waals surface area contributed by atoms with Crippen LogP contribution in [0.5, 0.6) is 0 Å². The molecular formula is C18H26BrN3O. The molecule has 3 heterocycles. The van der Waals surface area contributed by atoms with Crippen molar-refractivity contribution in [3.05, 3.63) is 22.7 Å². The Morgan fingerprint density at radius 3 is 2.91 bits per heavy atom. The Morgan fingerprint density at radius 1 is 1.39 bits per heavy atom. The summed E-state index contributed by atoms with van der Waals surface area (Å²) in [5, 5.41) is 0. The summed E-state index contributed by atoms with van der Waals surface area (Å²) in [6.07, 6.45) is 8.06. The first kappa shape index (κ1) is 16.9. The third-order valence-corrected chi connectivity index (χ3v) is 5.37. The Hall–Kier alpha value is -0.940. The average molecular weight is 380 g/mol. The van der Waals surface area contributed by atoms with Crippen LogP contribution in [0.25, 0.3) is 11.0 Å². The minimum Gasteiger partial charge on any atom is -0.378 e. The summed E-state index contributed by atoms with van der Waals surface area (Å²) >= 11 is 3.49. The van der Waals surface area contributed by atoms with Crippen molar-refractivity contribution in [3.63, 3.8) is 0 Å². The van der Waals surface area contributed by atoms with Gasteiger partial charge in [-0.1, -0.05) is 13.8 Å². The first-order chi connectivity index (χ1) is 11.1. The third-order valence-electron chi connectivity index (χ3n) is 4.93. The van der Waals surface area contributed by atoms with Crippen LogP contribution in [0.4, 0.5) is 0 Å². The second-order valence-corrected chi connectivity index (χ2v) is 7.53. The highest BCUT2D eigenvalue weighted by atomic mass is 79.9. The van der Waals surface area contributed by atoms with E-state index in [4.69, 9.17) is 9.72 Å². The largest absolute Gasteiger partial charge is 0.378 e. The van der Waals surface area contributed by atoms with E-state index in [9.17, 15) is 0 Å². The lowest BCUT2D eigenvalue weighted by molar-refractivity contribution is 0.00730. The fourth-order valence-electron chi connectivity index (χ4n) is 3.48. The molecule has 1 aliphatic heterocycles. The summed E-state index contributed by atoms with van der Waals surface area (Å²) in [6.45, 7) is 7.69. The monoisotopic (exact) mass is 379 g/mol. The number of rotatable bonds is 5. The van der Waals surface area contributed by atoms with E-state index in [1.807, 2.05) is 6.20 Å². The molecule has 1 fully saturated rings. The van der Waals surface area contributed by atoms with Gasteiger partial charge in [0.1, 0.15) is 15.9 Å². The average Bonchev–Trinajstić information content (AvgIpc) is 2.93. The minimum atomic E-state index is 0.383. The molecule has 4 nitrogen and oxygen atoms in total. The van der Waals surface area contributed by atoms with Gasteiger partial charge in [0.15, 0.2) is 0 Å². The zero-order chi connectivity index (χ0) is 16.4. The van der Waals surface area contributed by atoms with E-state index in [0.717, 1.165) is 29.6 Å². The molecule has 1 saturated heterocycles. The summed E-state index contributed by atoms with van der Waals surface area (Å²) < 4.78 is 9.20. The van der Waals surface area contributed by atoms with E-state index < -0.39 is 0 Å². The molecule has 5 heteroatoms. The molecule has 0 radical (unpaired) electrons. The first-order valence-corrected chi connectivity index (χ1v) is 9.54. The zero-order valence-electron chi connectivity index (χ0n) is 14.3. The van der Waals surface area contributed by atoms with Gasteiger partial charge < -0.3 is 9.30 Å². The van der Waals surface area contributed by atoms with Crippen LogP contribution in [0.2, 0.25) is 0 Å². The minimum absolute atomic E-state index is 0.383. The van der Waals surface area contributed by atoms with Crippen molar-refractivity contribution in [1.29, 1.82) is 0 Å². The zero-order valence-corrected chi connectivity index (χ0v) is 15.8. The van der Waals surface area contributed by atoms with Gasteiger partial charge in [0, 0.05) is 18.6 Å². The molecule has 2 aromatic heterocycles. The molecule has 1 aliphatic rings. The van der Waals surface area contributed by atoms with Gasteiger partial charge >= 0.3 is 0 Å². The molecule has 0 N–H and O–H groups in total. The third kappa shape index (κ3) is 3.61. The van der Waals surface area contributed by atoms with Crippen LogP contribution in [0, 0.1) is 0 Å². The number of nitrogens with zero attached hydrogens (tertiary/aromatic N) is 3. The summed E-state index contributed by atoms with van der Waals surface area (Å²) in [5.74, 6) is 1.56. The number of fused-ring (bicyclic) bond motifs is 1. The highest BCUT2D eigenvalue weighted by molar-refractivity contribution is 9.10. The highest BCUT2D eigenvalue weighted by Crippen LogP contribution is 2.32. The molecule has 0 amide bonds. The van der Waals surface area contributed by atoms with Gasteiger partial charge in [-0.15, -0.1) is 0 Å². The van der Waals surface area contributed by atoms with E-state index in [-0.39, 0.29) is 0 Å². The van der Waals surface area contributed by atoms with Crippen molar-refractivity contribution in [2.24, 2.45) is 0 Å². The van der Waals surface area contributed by atoms with Gasteiger partial charge in [0.2, 0.25) is 0 Å². The normalized spacial score (nSPS) is 21.5. The van der Waals surface area contributed by atoms with E-state index in [0.29, 0.717) is 18.1 Å². The molecule has 0 bridgehead atoms. The number of ether oxygens (including phenoxy) is 1. The van der Waals surface area contributed by atoms with Crippen molar-refractivity contribution < 1.29 is 4.74 Å². The molecule has 1 unspecified atom stereocenters. The predicted molar refractivity (Wildman–Crippen MR) is 96.9 cm³/mol. The predicted octanol–water partition coefficient (Wildman–Crippen LogP) is 5.23. The molecule has 23 heavy (non-hydrogen) atoms. The van der Waals surface area contributed by atoms with E-state index in [1.165, 1.54) is 30.6 Å². The number of imidazole rings is 1. The maximum Gasteiger partial charge on any atom is 0.113 e. The molecular weight excluding hydrogens is 354 g/mol. The smallest absolute Gasteiger partial charge is 0.113 e. The second-order valence-electron chi connectivity index (χ2n) is 6.72. The van der Waals surface area contributed by atoms with Crippen molar-refractivity contribution >= 4 is 27.0 Å². The van der Waals surface area contributed by atoms with Crippen molar-refractivity contribution in [2.45, 2.75) is 70.9 Å². The molecule has 0 aliphatic carbocycles. The second kappa shape index (κ2) is 7.31. The lowest BCUT2D eigenvalue weighted by Crippen LogP contribution is -2.22. The molecule has 0 saturated carbocycles. The maximum absolute atomic E-state index is 5.93. The van der Waals surface area contributed by atoms with Gasteiger partial charge in [-0.25, -0.2) is 9.97 Å². The van der Waals surface area contributed by atoms with E-state index in [2.05, 4.69) is 52.3 Å². The lowest BCUT2D eigenvalue weighted by Gasteiger charge is -2.26. The van der Waals surface area contributed by atoms with E-state index in [1.54, 1.807) is 0 Å². The Kier molecular flexibility index (Phi) is 5.37. The Balaban J connectivity index is 1.94. The van der Waals surface area contributed by atoms with Crippen LogP contribution < -0.4 is 0 Å². The van der Waals surface area contributed by atoms with Crippen molar-refractivity contribution in [1.82, 2.24) is 14.5 Å². The quantitative estimate of drug-likeness (QED) is 0.667. The van der Waals surface area contributed by atoms with Crippen molar-refractivity contribution in [2.75, 3.05) is 6.61 Å². The van der Waals surface area contributed by atoms with E-state index >= 15 is 0 Å². The number of halogens is 1. The maximum atomic E-state index is 5.93. The molecule has 3 atom stereocenters. The summed E-state index contributed by atoms with van der Waals surface area (Å²) in [5.41, 5.74) is 2.16. The molecule has 126 valence electrons. The van der Waals surface area contributed by atoms with Gasteiger partial charge in [-0.3, -0.25) is 0 Å². The standard InChI is InChI=1S/C18H26BrN3O/c1-4-13(3)22-16-10-17(19)20-11-15(16)21-18(22)12(2)9-14-7-5-6-8-23-14/h10-14H,4-9H2,1-3H3/t12-,13+,14?/m0/s1. The Bertz CT molecular complexity index is 664. The number of hydrogen-bond donors (Lipinski definition) is 0. The molecule has 3 rings (SSSR count). The molecule has 0 aromatic carbocycles. The van der Waals surface area contributed by atoms with Crippen LogP contribution >= 0.6 is 15.9 Å². The molecule has 2 aromatic rings. The van der Waals surface area contributed by atoms with Gasteiger partial charge in [-0.05, 0) is 61.0 Å². The van der Waals surface area contributed by atoms with Crippen LogP contribution in [0.3, 0.4) is 0 Å². The first-order valence-electron chi connectivity index (χ1n) is 8.75. The Labute approximate surface area is 146 Å². The summed E-state index contributed by atoms with van der Waals surface area (Å²) in [4.78, 5) is 9.25. The number of aromatic nitrogens is 3. The SMILES string of the molecule is CC[C@@H](C)n1c([C@@H](C)CC2CCCCO2)nc2cnc(Br)cc21. The molecule has 0 spiro atoms. The van der Waals surface area contributed by atoms with Crippen LogP contribution in [-0.4, -0.2) is 27.2 Å². The summed E-state index contributed by atoms with van der Waals surface area (Å²) in [7, 11) is 0. The fraction of sp³-hybridized carbons (Fsp3) is 0.667. The lowest BCUT2D eigenvalue weighted by atomic mass is 9.97.